The van der Waals surface area contributed by atoms with Crippen LogP contribution in [0, 0.1) is 5.92 Å². The van der Waals surface area contributed by atoms with Crippen LogP contribution in [0.3, 0.4) is 0 Å². The van der Waals surface area contributed by atoms with E-state index in [0.717, 1.165) is 75.7 Å². The quantitative estimate of drug-likeness (QED) is 0.591. The Morgan fingerprint density at radius 1 is 1.03 bits per heavy atom. The molecule has 38 heavy (non-hydrogen) atoms. The van der Waals surface area contributed by atoms with Gasteiger partial charge in [-0.2, -0.15) is 0 Å². The maximum Gasteiger partial charge on any atom is 0.225 e. The number of nitrogens with one attached hydrogen (secondary N) is 1. The molecule has 4 aliphatic rings. The van der Waals surface area contributed by atoms with E-state index in [-0.39, 0.29) is 23.5 Å². The minimum atomic E-state index is -0.100. The predicted octanol–water partition coefficient (Wildman–Crippen LogP) is 4.21. The van der Waals surface area contributed by atoms with Gasteiger partial charge in [0.1, 0.15) is 24.6 Å². The molecule has 204 valence electrons. The van der Waals surface area contributed by atoms with E-state index in [1.54, 1.807) is 0 Å². The van der Waals surface area contributed by atoms with Crippen LogP contribution in [0.1, 0.15) is 50.7 Å². The molecule has 0 spiro atoms. The van der Waals surface area contributed by atoms with Crippen molar-refractivity contribution in [2.75, 3.05) is 50.8 Å². The summed E-state index contributed by atoms with van der Waals surface area (Å²) in [7, 11) is 0. The SMILES string of the molecule is CC1(C)CCc2cc(N3CCC(C(=O)NC(Cc4ccc5c(c4)OCCO5)CN4CCCC4)C3)ccc2O1. The number of nitrogens with zero attached hydrogens (tertiary/aromatic N) is 2. The van der Waals surface area contributed by atoms with E-state index in [1.165, 1.54) is 29.7 Å². The molecule has 0 saturated carbocycles. The molecular weight excluding hydrogens is 478 g/mol. The number of hydrogen-bond acceptors (Lipinski definition) is 6. The molecule has 2 fully saturated rings. The number of amides is 1. The number of aryl methyl sites for hydroxylation is 1. The zero-order chi connectivity index (χ0) is 26.1. The second-order valence-corrected chi connectivity index (χ2v) is 12.0. The lowest BCUT2D eigenvalue weighted by atomic mass is 9.94. The number of carbonyl (C=O) groups excluding carboxylic acids is 1. The van der Waals surface area contributed by atoms with E-state index in [0.29, 0.717) is 13.2 Å². The minimum Gasteiger partial charge on any atom is -0.488 e. The van der Waals surface area contributed by atoms with Gasteiger partial charge in [0.15, 0.2) is 11.5 Å². The summed E-state index contributed by atoms with van der Waals surface area (Å²) < 4.78 is 17.7. The zero-order valence-corrected chi connectivity index (χ0v) is 22.8. The van der Waals surface area contributed by atoms with Crippen LogP contribution >= 0.6 is 0 Å². The van der Waals surface area contributed by atoms with Crippen molar-refractivity contribution >= 4 is 11.6 Å². The van der Waals surface area contributed by atoms with Gasteiger partial charge in [0.05, 0.1) is 5.92 Å². The van der Waals surface area contributed by atoms with Crippen LogP contribution in [0.2, 0.25) is 0 Å². The lowest BCUT2D eigenvalue weighted by Gasteiger charge is -2.33. The van der Waals surface area contributed by atoms with E-state index < -0.39 is 0 Å². The summed E-state index contributed by atoms with van der Waals surface area (Å²) in [6, 6.07) is 12.8. The summed E-state index contributed by atoms with van der Waals surface area (Å²) in [5.41, 5.74) is 3.55. The summed E-state index contributed by atoms with van der Waals surface area (Å²) in [6.07, 6.45) is 6.21. The van der Waals surface area contributed by atoms with E-state index in [4.69, 9.17) is 14.2 Å². The van der Waals surface area contributed by atoms with Crippen molar-refractivity contribution in [3.63, 3.8) is 0 Å². The lowest BCUT2D eigenvalue weighted by Crippen LogP contribution is -2.46. The van der Waals surface area contributed by atoms with Crippen LogP contribution in [-0.4, -0.2) is 68.4 Å². The Labute approximate surface area is 226 Å². The Kier molecular flexibility index (Phi) is 7.12. The number of fused-ring (bicyclic) bond motifs is 2. The maximum atomic E-state index is 13.5. The Morgan fingerprint density at radius 2 is 1.82 bits per heavy atom. The first-order chi connectivity index (χ1) is 18.4. The average molecular weight is 520 g/mol. The molecule has 4 aliphatic heterocycles. The molecule has 0 bridgehead atoms. The Bertz CT molecular complexity index is 1160. The number of hydrogen-bond donors (Lipinski definition) is 1. The van der Waals surface area contributed by atoms with Crippen LogP contribution in [0.15, 0.2) is 36.4 Å². The molecular formula is C31H41N3O4. The summed E-state index contributed by atoms with van der Waals surface area (Å²) in [5, 5.41) is 3.45. The smallest absolute Gasteiger partial charge is 0.225 e. The number of carbonyl (C=O) groups is 1. The van der Waals surface area contributed by atoms with Crippen molar-refractivity contribution < 1.29 is 19.0 Å². The first-order valence-electron chi connectivity index (χ1n) is 14.4. The number of rotatable bonds is 7. The highest BCUT2D eigenvalue weighted by Crippen LogP contribution is 2.36. The molecule has 2 saturated heterocycles. The van der Waals surface area contributed by atoms with Gasteiger partial charge in [0.25, 0.3) is 0 Å². The Morgan fingerprint density at radius 3 is 2.66 bits per heavy atom. The average Bonchev–Trinajstić information content (AvgIpc) is 3.61. The minimum absolute atomic E-state index is 0.00237. The van der Waals surface area contributed by atoms with Crippen molar-refractivity contribution in [1.82, 2.24) is 10.2 Å². The summed E-state index contributed by atoms with van der Waals surface area (Å²) in [5.74, 6) is 2.80. The van der Waals surface area contributed by atoms with Gasteiger partial charge in [0.2, 0.25) is 5.91 Å². The van der Waals surface area contributed by atoms with Crippen LogP contribution in [0.4, 0.5) is 5.69 Å². The van der Waals surface area contributed by atoms with Gasteiger partial charge in [-0.1, -0.05) is 6.07 Å². The fourth-order valence-electron chi connectivity index (χ4n) is 6.31. The molecule has 2 unspecified atom stereocenters. The van der Waals surface area contributed by atoms with Crippen LogP contribution < -0.4 is 24.4 Å². The highest BCUT2D eigenvalue weighted by molar-refractivity contribution is 5.80. The van der Waals surface area contributed by atoms with Crippen LogP contribution in [0.25, 0.3) is 0 Å². The molecule has 0 radical (unpaired) electrons. The van der Waals surface area contributed by atoms with Gasteiger partial charge >= 0.3 is 0 Å². The number of ether oxygens (including phenoxy) is 3. The summed E-state index contributed by atoms with van der Waals surface area (Å²) in [4.78, 5) is 18.4. The standard InChI is InChI=1S/C31H41N3O4/c1-31(2)11-9-23-19-26(6-8-27(23)38-31)34-14-10-24(20-34)30(35)32-25(21-33-12-3-4-13-33)17-22-5-7-28-29(18-22)37-16-15-36-28/h5-8,18-19,24-25H,3-4,9-17,20-21H2,1-2H3,(H,32,35). The third-order valence-corrected chi connectivity index (χ3v) is 8.46. The number of likely N-dealkylation sites (tertiary alicyclic amines) is 1. The van der Waals surface area contributed by atoms with Crippen molar-refractivity contribution in [1.29, 1.82) is 0 Å². The molecule has 7 heteroatoms. The molecule has 1 amide bonds. The second-order valence-electron chi connectivity index (χ2n) is 12.0. The lowest BCUT2D eigenvalue weighted by molar-refractivity contribution is -0.125. The summed E-state index contributed by atoms with van der Waals surface area (Å²) >= 11 is 0. The largest absolute Gasteiger partial charge is 0.488 e. The molecule has 4 heterocycles. The van der Waals surface area contributed by atoms with Crippen LogP contribution in [0.5, 0.6) is 17.2 Å². The molecule has 6 rings (SSSR count). The van der Waals surface area contributed by atoms with E-state index in [2.05, 4.69) is 59.3 Å². The third-order valence-electron chi connectivity index (χ3n) is 8.46. The molecule has 2 aromatic rings. The monoisotopic (exact) mass is 519 g/mol. The van der Waals surface area contributed by atoms with Gasteiger partial charge < -0.3 is 29.3 Å². The molecule has 7 nitrogen and oxygen atoms in total. The van der Waals surface area contributed by atoms with Gasteiger partial charge in [0, 0.05) is 31.4 Å². The van der Waals surface area contributed by atoms with Crippen LogP contribution in [-0.2, 0) is 17.6 Å². The molecule has 0 aromatic heterocycles. The van der Waals surface area contributed by atoms with Gasteiger partial charge in [-0.25, -0.2) is 0 Å². The van der Waals surface area contributed by atoms with E-state index in [9.17, 15) is 4.79 Å². The fourth-order valence-corrected chi connectivity index (χ4v) is 6.31. The first-order valence-corrected chi connectivity index (χ1v) is 14.4. The first kappa shape index (κ1) is 25.4. The third kappa shape index (κ3) is 5.73. The highest BCUT2D eigenvalue weighted by Gasteiger charge is 2.32. The zero-order valence-electron chi connectivity index (χ0n) is 22.8. The van der Waals surface area contributed by atoms with Gasteiger partial charge in [-0.05, 0) is 107 Å². The Balaban J connectivity index is 1.10. The topological polar surface area (TPSA) is 63.3 Å². The fraction of sp³-hybridized carbons (Fsp3) is 0.581. The maximum absolute atomic E-state index is 13.5. The van der Waals surface area contributed by atoms with Crippen molar-refractivity contribution in [3.8, 4) is 17.2 Å². The Hall–Kier alpha value is -2.93. The van der Waals surface area contributed by atoms with Gasteiger partial charge in [-0.15, -0.1) is 0 Å². The van der Waals surface area contributed by atoms with Crippen molar-refractivity contribution in [2.24, 2.45) is 5.92 Å². The molecule has 1 N–H and O–H groups in total. The van der Waals surface area contributed by atoms with Crippen molar-refractivity contribution in [3.05, 3.63) is 47.5 Å². The predicted molar refractivity (Wildman–Crippen MR) is 149 cm³/mol. The van der Waals surface area contributed by atoms with E-state index >= 15 is 0 Å². The molecule has 2 atom stereocenters. The number of benzene rings is 2. The molecule has 2 aromatic carbocycles. The molecule has 0 aliphatic carbocycles. The normalized spacial score (nSPS) is 23.0. The van der Waals surface area contributed by atoms with Gasteiger partial charge in [-0.3, -0.25) is 4.79 Å². The van der Waals surface area contributed by atoms with Crippen molar-refractivity contribution in [2.45, 2.75) is 64.0 Å². The summed E-state index contributed by atoms with van der Waals surface area (Å²) in [6.45, 7) is 10.3. The second kappa shape index (κ2) is 10.7. The highest BCUT2D eigenvalue weighted by atomic mass is 16.6. The number of anilines is 1. The van der Waals surface area contributed by atoms with E-state index in [1.807, 2.05) is 6.07 Å².